The van der Waals surface area contributed by atoms with Gasteiger partial charge in [0.15, 0.2) is 0 Å². The third-order valence-electron chi connectivity index (χ3n) is 3.59. The van der Waals surface area contributed by atoms with E-state index in [1.54, 1.807) is 25.1 Å². The number of rotatable bonds is 5. The van der Waals surface area contributed by atoms with E-state index in [1.165, 1.54) is 6.07 Å². The lowest BCUT2D eigenvalue weighted by molar-refractivity contribution is 0.0567. The minimum atomic E-state index is -3.37. The Morgan fingerprint density at radius 2 is 2.15 bits per heavy atom. The molecule has 1 aromatic rings. The number of nitrogens with one attached hydrogen (secondary N) is 1. The number of benzene rings is 1. The summed E-state index contributed by atoms with van der Waals surface area (Å²) in [4.78, 5) is 0. The maximum Gasteiger partial charge on any atom is 0.214 e. The summed E-state index contributed by atoms with van der Waals surface area (Å²) < 4.78 is 46.1. The molecule has 0 radical (unpaired) electrons. The van der Waals surface area contributed by atoms with Crippen LogP contribution in [0.2, 0.25) is 0 Å². The van der Waals surface area contributed by atoms with Gasteiger partial charge in [-0.3, -0.25) is 0 Å². The van der Waals surface area contributed by atoms with Gasteiger partial charge in [-0.05, 0) is 24.5 Å². The van der Waals surface area contributed by atoms with E-state index in [-0.39, 0.29) is 11.7 Å². The van der Waals surface area contributed by atoms with Crippen LogP contribution in [-0.4, -0.2) is 33.4 Å². The van der Waals surface area contributed by atoms with Crippen LogP contribution in [0.25, 0.3) is 0 Å². The lowest BCUT2D eigenvalue weighted by Crippen LogP contribution is -2.44. The Morgan fingerprint density at radius 3 is 2.85 bits per heavy atom. The molecule has 1 aromatic carbocycles. The third-order valence-corrected chi connectivity index (χ3v) is 5.70. The number of hydrogen-bond donors (Lipinski definition) is 1. The second kappa shape index (κ2) is 6.65. The van der Waals surface area contributed by atoms with Gasteiger partial charge >= 0.3 is 0 Å². The fraction of sp³-hybridized carbons (Fsp3) is 0.571. The zero-order valence-electron chi connectivity index (χ0n) is 11.5. The van der Waals surface area contributed by atoms with Crippen LogP contribution in [0.1, 0.15) is 18.9 Å². The van der Waals surface area contributed by atoms with Crippen LogP contribution >= 0.6 is 0 Å². The SMILES string of the molecule is CCNS(=O)(=O)[C@@H]1CCOC[C@@H]1Cc1ccccc1F. The first-order valence-electron chi connectivity index (χ1n) is 6.84. The molecule has 0 aromatic heterocycles. The molecule has 6 heteroatoms. The number of hydrogen-bond acceptors (Lipinski definition) is 3. The van der Waals surface area contributed by atoms with Gasteiger partial charge < -0.3 is 4.74 Å². The minimum Gasteiger partial charge on any atom is -0.381 e. The molecule has 0 aliphatic carbocycles. The molecule has 1 saturated heterocycles. The molecule has 1 N–H and O–H groups in total. The van der Waals surface area contributed by atoms with Crippen molar-refractivity contribution >= 4 is 10.0 Å². The van der Waals surface area contributed by atoms with E-state index >= 15 is 0 Å². The number of halogens is 1. The molecule has 1 fully saturated rings. The first-order valence-corrected chi connectivity index (χ1v) is 8.39. The predicted molar refractivity (Wildman–Crippen MR) is 75.4 cm³/mol. The molecule has 4 nitrogen and oxygen atoms in total. The second-order valence-corrected chi connectivity index (χ2v) is 6.98. The predicted octanol–water partition coefficient (Wildman–Crippen LogP) is 1.71. The Morgan fingerprint density at radius 1 is 1.40 bits per heavy atom. The lowest BCUT2D eigenvalue weighted by Gasteiger charge is -2.31. The lowest BCUT2D eigenvalue weighted by atomic mass is 9.93. The van der Waals surface area contributed by atoms with Gasteiger partial charge in [-0.1, -0.05) is 25.1 Å². The van der Waals surface area contributed by atoms with Crippen molar-refractivity contribution in [2.75, 3.05) is 19.8 Å². The van der Waals surface area contributed by atoms with E-state index in [0.717, 1.165) is 0 Å². The smallest absolute Gasteiger partial charge is 0.214 e. The van der Waals surface area contributed by atoms with Gasteiger partial charge in [-0.2, -0.15) is 0 Å². The van der Waals surface area contributed by atoms with Crippen LogP contribution in [0.3, 0.4) is 0 Å². The minimum absolute atomic E-state index is 0.218. The van der Waals surface area contributed by atoms with Crippen LogP contribution in [-0.2, 0) is 21.2 Å². The molecule has 2 atom stereocenters. The summed E-state index contributed by atoms with van der Waals surface area (Å²) in [5, 5.41) is -0.518. The van der Waals surface area contributed by atoms with E-state index in [0.29, 0.717) is 38.2 Å². The topological polar surface area (TPSA) is 55.4 Å². The van der Waals surface area contributed by atoms with E-state index in [2.05, 4.69) is 4.72 Å². The molecule has 1 aliphatic rings. The zero-order chi connectivity index (χ0) is 14.6. The summed E-state index contributed by atoms with van der Waals surface area (Å²) in [6.07, 6.45) is 0.830. The molecule has 0 spiro atoms. The average Bonchev–Trinajstić information content (AvgIpc) is 2.42. The fourth-order valence-corrected chi connectivity index (χ4v) is 4.34. The van der Waals surface area contributed by atoms with Gasteiger partial charge in [0.1, 0.15) is 5.82 Å². The summed E-state index contributed by atoms with van der Waals surface area (Å²) in [5.41, 5.74) is 0.541. The molecule has 20 heavy (non-hydrogen) atoms. The maximum atomic E-state index is 13.7. The first-order chi connectivity index (χ1) is 9.54. The standard InChI is InChI=1S/C14H20FNO3S/c1-2-16-20(17,18)14-7-8-19-10-12(14)9-11-5-3-4-6-13(11)15/h3-6,12,14,16H,2,7-10H2,1H3/t12-,14+/m0/s1. The molecule has 0 amide bonds. The van der Waals surface area contributed by atoms with Crippen molar-refractivity contribution in [2.45, 2.75) is 25.0 Å². The van der Waals surface area contributed by atoms with Crippen LogP contribution in [0, 0.1) is 11.7 Å². The van der Waals surface area contributed by atoms with Crippen molar-refractivity contribution in [3.8, 4) is 0 Å². The highest BCUT2D eigenvalue weighted by atomic mass is 32.2. The molecular formula is C14H20FNO3S. The number of sulfonamides is 1. The Kier molecular flexibility index (Phi) is 5.12. The monoisotopic (exact) mass is 301 g/mol. The summed E-state index contributed by atoms with van der Waals surface area (Å²) in [5.74, 6) is -0.512. The van der Waals surface area contributed by atoms with Gasteiger partial charge in [-0.15, -0.1) is 0 Å². The molecule has 0 unspecified atom stereocenters. The highest BCUT2D eigenvalue weighted by Crippen LogP contribution is 2.25. The summed E-state index contributed by atoms with van der Waals surface area (Å²) >= 11 is 0. The Bertz CT molecular complexity index is 547. The van der Waals surface area contributed by atoms with Gasteiger partial charge in [-0.25, -0.2) is 17.5 Å². The van der Waals surface area contributed by atoms with Gasteiger partial charge in [0, 0.05) is 19.1 Å². The third kappa shape index (κ3) is 3.56. The fourth-order valence-electron chi connectivity index (χ4n) is 2.63. The molecule has 0 bridgehead atoms. The summed E-state index contributed by atoms with van der Waals surface area (Å²) in [6, 6.07) is 6.48. The van der Waals surface area contributed by atoms with Crippen molar-refractivity contribution < 1.29 is 17.5 Å². The molecular weight excluding hydrogens is 281 g/mol. The Labute approximate surface area is 119 Å². The van der Waals surface area contributed by atoms with Gasteiger partial charge in [0.2, 0.25) is 10.0 Å². The van der Waals surface area contributed by atoms with Crippen molar-refractivity contribution in [1.82, 2.24) is 4.72 Å². The van der Waals surface area contributed by atoms with Crippen LogP contribution in [0.4, 0.5) is 4.39 Å². The van der Waals surface area contributed by atoms with Crippen molar-refractivity contribution in [3.63, 3.8) is 0 Å². The molecule has 2 rings (SSSR count). The van der Waals surface area contributed by atoms with E-state index in [1.807, 2.05) is 0 Å². The van der Waals surface area contributed by atoms with Crippen LogP contribution in [0.15, 0.2) is 24.3 Å². The van der Waals surface area contributed by atoms with E-state index in [4.69, 9.17) is 4.74 Å². The van der Waals surface area contributed by atoms with Crippen LogP contribution in [0.5, 0.6) is 0 Å². The maximum absolute atomic E-state index is 13.7. The Balaban J connectivity index is 2.18. The normalized spacial score (nSPS) is 23.7. The van der Waals surface area contributed by atoms with E-state index in [9.17, 15) is 12.8 Å². The van der Waals surface area contributed by atoms with Crippen molar-refractivity contribution in [1.29, 1.82) is 0 Å². The van der Waals surface area contributed by atoms with Crippen molar-refractivity contribution in [3.05, 3.63) is 35.6 Å². The molecule has 1 aliphatic heterocycles. The highest BCUT2D eigenvalue weighted by molar-refractivity contribution is 7.90. The molecule has 0 saturated carbocycles. The van der Waals surface area contributed by atoms with Gasteiger partial charge in [0.05, 0.1) is 11.9 Å². The van der Waals surface area contributed by atoms with Gasteiger partial charge in [0.25, 0.3) is 0 Å². The first kappa shape index (κ1) is 15.4. The zero-order valence-corrected chi connectivity index (χ0v) is 12.3. The Hall–Kier alpha value is -0.980. The van der Waals surface area contributed by atoms with E-state index < -0.39 is 15.3 Å². The van der Waals surface area contributed by atoms with Crippen LogP contribution < -0.4 is 4.72 Å². The second-order valence-electron chi connectivity index (χ2n) is 5.00. The average molecular weight is 301 g/mol. The highest BCUT2D eigenvalue weighted by Gasteiger charge is 2.36. The van der Waals surface area contributed by atoms with Crippen molar-refractivity contribution in [2.24, 2.45) is 5.92 Å². The largest absolute Gasteiger partial charge is 0.381 e. The quantitative estimate of drug-likeness (QED) is 0.901. The summed E-state index contributed by atoms with van der Waals surface area (Å²) in [7, 11) is -3.37. The summed E-state index contributed by atoms with van der Waals surface area (Å²) in [6.45, 7) is 2.90. The molecule has 112 valence electrons. The number of ether oxygens (including phenoxy) is 1. The molecule has 1 heterocycles.